The van der Waals surface area contributed by atoms with Crippen LogP contribution in [-0.2, 0) is 11.4 Å². The summed E-state index contributed by atoms with van der Waals surface area (Å²) in [6.07, 6.45) is 5.29. The van der Waals surface area contributed by atoms with Crippen LogP contribution in [0.4, 0.5) is 0 Å². The van der Waals surface area contributed by atoms with E-state index in [2.05, 4.69) is 29.4 Å². The number of aromatic nitrogens is 1. The summed E-state index contributed by atoms with van der Waals surface area (Å²) in [5.74, 6) is 0.655. The first-order valence-electron chi connectivity index (χ1n) is 9.81. The lowest BCUT2D eigenvalue weighted by Crippen LogP contribution is -2.26. The summed E-state index contributed by atoms with van der Waals surface area (Å²) in [6, 6.07) is 17.8. The van der Waals surface area contributed by atoms with Crippen molar-refractivity contribution in [2.24, 2.45) is 0 Å². The molecule has 0 bridgehead atoms. The predicted molar refractivity (Wildman–Crippen MR) is 119 cm³/mol. The van der Waals surface area contributed by atoms with E-state index in [-0.39, 0.29) is 11.9 Å². The van der Waals surface area contributed by atoms with E-state index in [0.717, 1.165) is 40.4 Å². The van der Waals surface area contributed by atoms with E-state index in [0.29, 0.717) is 6.61 Å². The Morgan fingerprint density at radius 3 is 2.76 bits per heavy atom. The zero-order valence-electron chi connectivity index (χ0n) is 16.8. The van der Waals surface area contributed by atoms with E-state index < -0.39 is 0 Å². The number of rotatable bonds is 9. The predicted octanol–water partition coefficient (Wildman–Crippen LogP) is 5.70. The molecule has 1 aromatic heterocycles. The summed E-state index contributed by atoms with van der Waals surface area (Å²) in [5.41, 5.74) is 2.97. The minimum Gasteiger partial charge on any atom is -0.487 e. The minimum absolute atomic E-state index is 0.0228. The van der Waals surface area contributed by atoms with Gasteiger partial charge in [0, 0.05) is 11.5 Å². The number of amides is 1. The topological polar surface area (TPSA) is 51.2 Å². The fourth-order valence-corrected chi connectivity index (χ4v) is 3.63. The van der Waals surface area contributed by atoms with Crippen molar-refractivity contribution >= 4 is 23.3 Å². The minimum atomic E-state index is -0.100. The molecule has 4 nitrogen and oxygen atoms in total. The molecule has 29 heavy (non-hydrogen) atoms. The van der Waals surface area contributed by atoms with Gasteiger partial charge in [-0.15, -0.1) is 11.3 Å². The molecule has 2 aromatic carbocycles. The highest BCUT2D eigenvalue weighted by atomic mass is 32.1. The van der Waals surface area contributed by atoms with Crippen LogP contribution < -0.4 is 10.1 Å². The summed E-state index contributed by atoms with van der Waals surface area (Å²) in [6.45, 7) is 4.54. The van der Waals surface area contributed by atoms with E-state index in [1.807, 2.05) is 60.8 Å². The van der Waals surface area contributed by atoms with Crippen molar-refractivity contribution in [3.63, 3.8) is 0 Å². The summed E-state index contributed by atoms with van der Waals surface area (Å²) in [4.78, 5) is 16.8. The van der Waals surface area contributed by atoms with Crippen molar-refractivity contribution in [2.45, 2.75) is 39.3 Å². The third-order valence-corrected chi connectivity index (χ3v) is 5.26. The van der Waals surface area contributed by atoms with Crippen LogP contribution in [-0.4, -0.2) is 10.9 Å². The number of nitrogens with one attached hydrogen (secondary N) is 1. The number of carbonyl (C=O) groups excluding carboxylic acids is 1. The van der Waals surface area contributed by atoms with Crippen LogP contribution in [0.1, 0.15) is 47.6 Å². The van der Waals surface area contributed by atoms with Gasteiger partial charge in [-0.2, -0.15) is 0 Å². The molecule has 1 N–H and O–H groups in total. The largest absolute Gasteiger partial charge is 0.487 e. The molecule has 0 spiro atoms. The third-order valence-electron chi connectivity index (χ3n) is 4.43. The maximum atomic E-state index is 12.4. The Morgan fingerprint density at radius 1 is 1.21 bits per heavy atom. The molecule has 1 atom stereocenters. The van der Waals surface area contributed by atoms with Gasteiger partial charge in [0.25, 0.3) is 0 Å². The molecule has 5 heteroatoms. The lowest BCUT2D eigenvalue weighted by molar-refractivity contribution is -0.117. The monoisotopic (exact) mass is 406 g/mol. The molecule has 1 heterocycles. The van der Waals surface area contributed by atoms with Crippen LogP contribution in [0.5, 0.6) is 5.75 Å². The van der Waals surface area contributed by atoms with Gasteiger partial charge in [0.2, 0.25) is 5.91 Å². The van der Waals surface area contributed by atoms with Crippen LogP contribution in [0.15, 0.2) is 66.1 Å². The Morgan fingerprint density at radius 2 is 2.03 bits per heavy atom. The average Bonchev–Trinajstić information content (AvgIpc) is 3.16. The Bertz CT molecular complexity index is 950. The second-order valence-electron chi connectivity index (χ2n) is 6.81. The molecule has 1 unspecified atom stereocenters. The molecular weight excluding hydrogens is 380 g/mol. The molecule has 150 valence electrons. The number of hydrogen-bond donors (Lipinski definition) is 1. The first-order valence-corrected chi connectivity index (χ1v) is 10.7. The van der Waals surface area contributed by atoms with Gasteiger partial charge in [0.1, 0.15) is 12.4 Å². The highest BCUT2D eigenvalue weighted by Gasteiger charge is 2.11. The van der Waals surface area contributed by atoms with Gasteiger partial charge in [0.15, 0.2) is 0 Å². The molecular formula is C24H26N2O2S. The molecule has 0 aliphatic rings. The molecule has 0 radical (unpaired) electrons. The number of nitrogens with zero attached hydrogens (tertiary/aromatic N) is 1. The molecule has 0 fully saturated rings. The number of aryl methyl sites for hydroxylation is 1. The quantitative estimate of drug-likeness (QED) is 0.464. The molecule has 0 saturated heterocycles. The van der Waals surface area contributed by atoms with Crippen molar-refractivity contribution in [2.75, 3.05) is 0 Å². The van der Waals surface area contributed by atoms with E-state index in [4.69, 9.17) is 4.74 Å². The van der Waals surface area contributed by atoms with E-state index in [1.54, 1.807) is 17.4 Å². The molecule has 0 saturated carbocycles. The van der Waals surface area contributed by atoms with Crippen molar-refractivity contribution in [1.82, 2.24) is 10.3 Å². The Labute approximate surface area is 176 Å². The number of ether oxygens (including phenoxy) is 1. The maximum absolute atomic E-state index is 12.4. The standard InChI is InChI=1S/C24H26N2O2S/c1-3-8-23(20-10-5-4-6-11-20)26-24(27)14-13-19-9-7-12-22(15-19)28-16-21-17-29-18(2)25-21/h4-7,9-15,17,23H,3,8,16H2,1-2H3,(H,26,27)/b14-13+. The Balaban J connectivity index is 1.59. The van der Waals surface area contributed by atoms with Crippen molar-refractivity contribution < 1.29 is 9.53 Å². The van der Waals surface area contributed by atoms with Crippen LogP contribution in [0.3, 0.4) is 0 Å². The van der Waals surface area contributed by atoms with E-state index in [9.17, 15) is 4.79 Å². The van der Waals surface area contributed by atoms with Gasteiger partial charge >= 0.3 is 0 Å². The van der Waals surface area contributed by atoms with Crippen molar-refractivity contribution in [3.8, 4) is 5.75 Å². The number of hydrogen-bond acceptors (Lipinski definition) is 4. The van der Waals surface area contributed by atoms with Crippen LogP contribution in [0.25, 0.3) is 6.08 Å². The second kappa shape index (κ2) is 10.6. The second-order valence-corrected chi connectivity index (χ2v) is 7.88. The van der Waals surface area contributed by atoms with Gasteiger partial charge in [-0.3, -0.25) is 4.79 Å². The zero-order chi connectivity index (χ0) is 20.5. The van der Waals surface area contributed by atoms with Gasteiger partial charge in [0.05, 0.1) is 16.7 Å². The lowest BCUT2D eigenvalue weighted by Gasteiger charge is -2.17. The van der Waals surface area contributed by atoms with Crippen molar-refractivity contribution in [1.29, 1.82) is 0 Å². The van der Waals surface area contributed by atoms with Gasteiger partial charge in [-0.1, -0.05) is 55.8 Å². The highest BCUT2D eigenvalue weighted by molar-refractivity contribution is 7.09. The molecule has 1 amide bonds. The lowest BCUT2D eigenvalue weighted by atomic mass is 10.0. The smallest absolute Gasteiger partial charge is 0.244 e. The van der Waals surface area contributed by atoms with Crippen LogP contribution in [0.2, 0.25) is 0 Å². The number of benzene rings is 2. The summed E-state index contributed by atoms with van der Waals surface area (Å²) >= 11 is 1.61. The van der Waals surface area contributed by atoms with Crippen LogP contribution in [0, 0.1) is 6.92 Å². The van der Waals surface area contributed by atoms with Gasteiger partial charge in [-0.25, -0.2) is 4.98 Å². The van der Waals surface area contributed by atoms with E-state index in [1.165, 1.54) is 0 Å². The fraction of sp³-hybridized carbons (Fsp3) is 0.250. The highest BCUT2D eigenvalue weighted by Crippen LogP contribution is 2.19. The molecule has 3 aromatic rings. The fourth-order valence-electron chi connectivity index (χ4n) is 3.03. The summed E-state index contributed by atoms with van der Waals surface area (Å²) in [7, 11) is 0. The normalized spacial score (nSPS) is 12.1. The maximum Gasteiger partial charge on any atom is 0.244 e. The number of thiazole rings is 1. The third kappa shape index (κ3) is 6.57. The van der Waals surface area contributed by atoms with E-state index >= 15 is 0 Å². The summed E-state index contributed by atoms with van der Waals surface area (Å²) in [5, 5.41) is 6.14. The average molecular weight is 407 g/mol. The molecule has 0 aliphatic heterocycles. The van der Waals surface area contributed by atoms with Gasteiger partial charge in [-0.05, 0) is 42.7 Å². The van der Waals surface area contributed by atoms with Crippen LogP contribution >= 0.6 is 11.3 Å². The molecule has 0 aliphatic carbocycles. The Kier molecular flexibility index (Phi) is 7.59. The van der Waals surface area contributed by atoms with Gasteiger partial charge < -0.3 is 10.1 Å². The Hall–Kier alpha value is -2.92. The first-order chi connectivity index (χ1) is 14.1. The van der Waals surface area contributed by atoms with Crippen molar-refractivity contribution in [3.05, 3.63) is 87.9 Å². The number of carbonyl (C=O) groups is 1. The first kappa shape index (κ1) is 20.8. The molecule has 3 rings (SSSR count). The SMILES string of the molecule is CCCC(NC(=O)/C=C/c1cccc(OCc2csc(C)n2)c1)c1ccccc1. The zero-order valence-corrected chi connectivity index (χ0v) is 17.6. The summed E-state index contributed by atoms with van der Waals surface area (Å²) < 4.78 is 5.82.